The van der Waals surface area contributed by atoms with E-state index in [2.05, 4.69) is 10.2 Å². The molecule has 2 aliphatic rings. The van der Waals surface area contributed by atoms with E-state index in [0.29, 0.717) is 12.0 Å². The third kappa shape index (κ3) is 2.88. The summed E-state index contributed by atoms with van der Waals surface area (Å²) in [5.41, 5.74) is 2.06. The molecule has 21 heavy (non-hydrogen) atoms. The summed E-state index contributed by atoms with van der Waals surface area (Å²) in [5, 5.41) is 14.7. The van der Waals surface area contributed by atoms with Crippen molar-refractivity contribution in [3.63, 3.8) is 0 Å². The summed E-state index contributed by atoms with van der Waals surface area (Å²) in [6, 6.07) is 6.05. The Bertz CT molecular complexity index is 526. The molecule has 2 unspecified atom stereocenters. The van der Waals surface area contributed by atoms with Crippen LogP contribution in [0.25, 0.3) is 0 Å². The van der Waals surface area contributed by atoms with Crippen LogP contribution in [0.2, 0.25) is 0 Å². The summed E-state index contributed by atoms with van der Waals surface area (Å²) in [7, 11) is 0. The average molecular weight is 289 g/mol. The van der Waals surface area contributed by atoms with Crippen LogP contribution in [0.3, 0.4) is 0 Å². The highest BCUT2D eigenvalue weighted by Gasteiger charge is 2.30. The second-order valence-electron chi connectivity index (χ2n) is 6.23. The van der Waals surface area contributed by atoms with Crippen molar-refractivity contribution in [2.75, 3.05) is 24.5 Å². The fourth-order valence-electron chi connectivity index (χ4n) is 3.82. The van der Waals surface area contributed by atoms with E-state index in [-0.39, 0.29) is 10.6 Å². The fraction of sp³-hybridized carbons (Fsp3) is 0.625. The van der Waals surface area contributed by atoms with Gasteiger partial charge in [0.05, 0.1) is 10.5 Å². The highest BCUT2D eigenvalue weighted by Crippen LogP contribution is 2.33. The van der Waals surface area contributed by atoms with E-state index in [9.17, 15) is 10.1 Å². The normalized spacial score (nSPS) is 26.0. The Morgan fingerprint density at radius 2 is 2.19 bits per heavy atom. The number of hydrogen-bond donors (Lipinski definition) is 1. The molecule has 0 aromatic heterocycles. The van der Waals surface area contributed by atoms with Crippen molar-refractivity contribution in [3.05, 3.63) is 33.9 Å². The fourth-order valence-corrected chi connectivity index (χ4v) is 3.82. The molecule has 1 aromatic rings. The van der Waals surface area contributed by atoms with Crippen LogP contribution in [0.4, 0.5) is 11.4 Å². The number of hydrogen-bond acceptors (Lipinski definition) is 4. The van der Waals surface area contributed by atoms with Crippen LogP contribution in [0, 0.1) is 23.0 Å². The van der Waals surface area contributed by atoms with Crippen LogP contribution in [0.5, 0.6) is 0 Å². The summed E-state index contributed by atoms with van der Waals surface area (Å²) in [5.74, 6) is 0.667. The predicted octanol–water partition coefficient (Wildman–Crippen LogP) is 2.87. The van der Waals surface area contributed by atoms with Gasteiger partial charge in [0.1, 0.15) is 0 Å². The number of nitro groups is 1. The Morgan fingerprint density at radius 1 is 1.33 bits per heavy atom. The van der Waals surface area contributed by atoms with Gasteiger partial charge < -0.3 is 10.2 Å². The molecule has 0 radical (unpaired) electrons. The van der Waals surface area contributed by atoms with Crippen molar-refractivity contribution in [1.82, 2.24) is 5.32 Å². The molecule has 2 heterocycles. The lowest BCUT2D eigenvalue weighted by Gasteiger charge is -2.37. The van der Waals surface area contributed by atoms with Gasteiger partial charge in [-0.3, -0.25) is 10.1 Å². The lowest BCUT2D eigenvalue weighted by Crippen LogP contribution is -2.43. The van der Waals surface area contributed by atoms with Crippen LogP contribution in [-0.2, 0) is 0 Å². The maximum atomic E-state index is 11.1. The first-order valence-electron chi connectivity index (χ1n) is 7.89. The minimum Gasteiger partial charge on any atom is -0.371 e. The molecule has 0 saturated carbocycles. The topological polar surface area (TPSA) is 58.4 Å². The second kappa shape index (κ2) is 6.02. The van der Waals surface area contributed by atoms with Gasteiger partial charge in [0, 0.05) is 30.9 Å². The second-order valence-corrected chi connectivity index (χ2v) is 6.23. The van der Waals surface area contributed by atoms with Crippen LogP contribution in [-0.4, -0.2) is 30.6 Å². The average Bonchev–Trinajstić information content (AvgIpc) is 3.01. The highest BCUT2D eigenvalue weighted by atomic mass is 16.6. The van der Waals surface area contributed by atoms with Crippen molar-refractivity contribution >= 4 is 11.4 Å². The zero-order valence-electron chi connectivity index (χ0n) is 12.5. The lowest BCUT2D eigenvalue weighted by molar-refractivity contribution is -0.385. The Morgan fingerprint density at radius 3 is 2.90 bits per heavy atom. The van der Waals surface area contributed by atoms with Gasteiger partial charge in [-0.1, -0.05) is 6.07 Å². The van der Waals surface area contributed by atoms with E-state index in [1.807, 2.05) is 13.0 Å². The van der Waals surface area contributed by atoms with Gasteiger partial charge in [-0.15, -0.1) is 0 Å². The summed E-state index contributed by atoms with van der Waals surface area (Å²) in [6.45, 7) is 5.02. The molecule has 1 aromatic carbocycles. The molecular formula is C16H23N3O2. The standard InChI is InChI=1S/C16H23N3O2/c1-12-15(7-2-8-16(12)19(20)21)18-10-4-5-13(11-18)14-6-3-9-17-14/h2,7-8,13-14,17H,3-6,9-11H2,1H3. The van der Waals surface area contributed by atoms with Gasteiger partial charge in [-0.25, -0.2) is 0 Å². The Balaban J connectivity index is 1.80. The van der Waals surface area contributed by atoms with Crippen molar-refractivity contribution in [2.24, 2.45) is 5.92 Å². The number of benzene rings is 1. The highest BCUT2D eigenvalue weighted by molar-refractivity contribution is 5.61. The van der Waals surface area contributed by atoms with E-state index in [4.69, 9.17) is 0 Å². The maximum Gasteiger partial charge on any atom is 0.274 e. The zero-order chi connectivity index (χ0) is 14.8. The largest absolute Gasteiger partial charge is 0.371 e. The summed E-state index contributed by atoms with van der Waals surface area (Å²) in [6.07, 6.45) is 4.98. The molecule has 5 nitrogen and oxygen atoms in total. The van der Waals surface area contributed by atoms with Crippen molar-refractivity contribution in [1.29, 1.82) is 0 Å². The molecule has 114 valence electrons. The number of rotatable bonds is 3. The summed E-state index contributed by atoms with van der Waals surface area (Å²) in [4.78, 5) is 13.2. The monoisotopic (exact) mass is 289 g/mol. The van der Waals surface area contributed by atoms with E-state index in [0.717, 1.165) is 30.9 Å². The number of anilines is 1. The molecule has 0 amide bonds. The van der Waals surface area contributed by atoms with E-state index < -0.39 is 0 Å². The molecule has 2 atom stereocenters. The summed E-state index contributed by atoms with van der Waals surface area (Å²) >= 11 is 0. The third-order valence-electron chi connectivity index (χ3n) is 4.94. The van der Waals surface area contributed by atoms with E-state index in [1.54, 1.807) is 12.1 Å². The first-order chi connectivity index (χ1) is 10.2. The Labute approximate surface area is 125 Å². The molecule has 0 spiro atoms. The number of nitrogens with zero attached hydrogens (tertiary/aromatic N) is 2. The third-order valence-corrected chi connectivity index (χ3v) is 4.94. The van der Waals surface area contributed by atoms with Gasteiger partial charge in [0.25, 0.3) is 5.69 Å². The number of nitro benzene ring substituents is 1. The predicted molar refractivity (Wildman–Crippen MR) is 83.8 cm³/mol. The quantitative estimate of drug-likeness (QED) is 0.686. The van der Waals surface area contributed by atoms with E-state index in [1.165, 1.54) is 25.7 Å². The van der Waals surface area contributed by atoms with Crippen molar-refractivity contribution < 1.29 is 4.92 Å². The van der Waals surface area contributed by atoms with Gasteiger partial charge in [0.2, 0.25) is 0 Å². The molecule has 5 heteroatoms. The van der Waals surface area contributed by atoms with Gasteiger partial charge in [-0.2, -0.15) is 0 Å². The maximum absolute atomic E-state index is 11.1. The summed E-state index contributed by atoms with van der Waals surface area (Å²) < 4.78 is 0. The van der Waals surface area contributed by atoms with Crippen molar-refractivity contribution in [2.45, 2.75) is 38.6 Å². The van der Waals surface area contributed by atoms with Gasteiger partial charge in [-0.05, 0) is 51.1 Å². The van der Waals surface area contributed by atoms with Gasteiger partial charge >= 0.3 is 0 Å². The Hall–Kier alpha value is -1.62. The molecule has 0 aliphatic carbocycles. The number of piperidine rings is 1. The zero-order valence-corrected chi connectivity index (χ0v) is 12.5. The van der Waals surface area contributed by atoms with Crippen LogP contribution in [0.1, 0.15) is 31.2 Å². The van der Waals surface area contributed by atoms with E-state index >= 15 is 0 Å². The SMILES string of the molecule is Cc1c(N2CCCC(C3CCCN3)C2)cccc1[N+](=O)[O-]. The molecular weight excluding hydrogens is 266 g/mol. The molecule has 2 fully saturated rings. The Kier molecular flexibility index (Phi) is 4.10. The number of nitrogens with one attached hydrogen (secondary N) is 1. The lowest BCUT2D eigenvalue weighted by atomic mass is 9.89. The smallest absolute Gasteiger partial charge is 0.274 e. The van der Waals surface area contributed by atoms with Crippen LogP contribution >= 0.6 is 0 Å². The minimum atomic E-state index is -0.279. The molecule has 1 N–H and O–H groups in total. The molecule has 2 aliphatic heterocycles. The molecule has 0 bridgehead atoms. The first-order valence-corrected chi connectivity index (χ1v) is 7.89. The van der Waals surface area contributed by atoms with Crippen LogP contribution < -0.4 is 10.2 Å². The van der Waals surface area contributed by atoms with Crippen molar-refractivity contribution in [3.8, 4) is 0 Å². The van der Waals surface area contributed by atoms with Crippen LogP contribution in [0.15, 0.2) is 18.2 Å². The minimum absolute atomic E-state index is 0.230. The molecule has 3 rings (SSSR count). The first kappa shape index (κ1) is 14.3. The molecule has 2 saturated heterocycles. The van der Waals surface area contributed by atoms with Gasteiger partial charge in [0.15, 0.2) is 0 Å².